The molecule has 0 saturated heterocycles. The lowest BCUT2D eigenvalue weighted by molar-refractivity contribution is 0.594. The van der Waals surface area contributed by atoms with E-state index in [1.165, 1.54) is 6.20 Å². The van der Waals surface area contributed by atoms with Crippen LogP contribution in [0.2, 0.25) is 0 Å². The van der Waals surface area contributed by atoms with Gasteiger partial charge in [-0.2, -0.15) is 0 Å². The van der Waals surface area contributed by atoms with E-state index in [9.17, 15) is 12.8 Å². The van der Waals surface area contributed by atoms with E-state index in [1.807, 2.05) is 0 Å². The van der Waals surface area contributed by atoms with Gasteiger partial charge >= 0.3 is 0 Å². The maximum Gasteiger partial charge on any atom is 0.177 e. The predicted octanol–water partition coefficient (Wildman–Crippen LogP) is 1.69. The fraction of sp³-hybridized carbons (Fsp3) is 0.0909. The Bertz CT molecular complexity index is 642. The molecule has 0 bridgehead atoms. The maximum absolute atomic E-state index is 13.7. The largest absolute Gasteiger partial charge is 0.264 e. The molecule has 0 amide bonds. The van der Waals surface area contributed by atoms with Gasteiger partial charge in [0.05, 0.1) is 4.90 Å². The molecule has 17 heavy (non-hydrogen) atoms. The number of rotatable bonds is 2. The van der Waals surface area contributed by atoms with Crippen molar-refractivity contribution >= 4 is 9.84 Å². The van der Waals surface area contributed by atoms with Crippen molar-refractivity contribution in [3.05, 3.63) is 42.6 Å². The van der Waals surface area contributed by atoms with Crippen LogP contribution in [-0.2, 0) is 9.84 Å². The third-order valence-electron chi connectivity index (χ3n) is 2.18. The highest BCUT2D eigenvalue weighted by atomic mass is 32.2. The molecule has 0 radical (unpaired) electrons. The number of aromatic nitrogens is 2. The standard InChI is InChI=1S/C11H9FN2O2S/c1-17(15,16)9-5-10(12)11(14-7-9)8-3-2-4-13-6-8/h2-7H,1H3. The van der Waals surface area contributed by atoms with Crippen LogP contribution in [0, 0.1) is 5.82 Å². The van der Waals surface area contributed by atoms with Crippen LogP contribution in [0.5, 0.6) is 0 Å². The van der Waals surface area contributed by atoms with Gasteiger partial charge in [0.25, 0.3) is 0 Å². The van der Waals surface area contributed by atoms with Gasteiger partial charge in [0.2, 0.25) is 0 Å². The lowest BCUT2D eigenvalue weighted by atomic mass is 10.2. The molecule has 2 heterocycles. The minimum atomic E-state index is -3.44. The van der Waals surface area contributed by atoms with Crippen molar-refractivity contribution in [3.8, 4) is 11.3 Å². The maximum atomic E-state index is 13.7. The Labute approximate surface area is 98.1 Å². The first-order valence-corrected chi connectivity index (χ1v) is 6.63. The second-order valence-electron chi connectivity index (χ2n) is 3.52. The van der Waals surface area contributed by atoms with E-state index in [2.05, 4.69) is 9.97 Å². The Balaban J connectivity index is 2.54. The molecule has 2 aromatic heterocycles. The molecule has 0 aliphatic carbocycles. The second-order valence-corrected chi connectivity index (χ2v) is 5.53. The van der Waals surface area contributed by atoms with Crippen molar-refractivity contribution in [3.63, 3.8) is 0 Å². The predicted molar refractivity (Wildman–Crippen MR) is 60.5 cm³/mol. The van der Waals surface area contributed by atoms with E-state index in [4.69, 9.17) is 0 Å². The highest BCUT2D eigenvalue weighted by molar-refractivity contribution is 7.90. The van der Waals surface area contributed by atoms with E-state index < -0.39 is 15.7 Å². The van der Waals surface area contributed by atoms with Gasteiger partial charge in [-0.05, 0) is 18.2 Å². The number of sulfone groups is 1. The Morgan fingerprint density at radius 2 is 2.06 bits per heavy atom. The summed E-state index contributed by atoms with van der Waals surface area (Å²) >= 11 is 0. The van der Waals surface area contributed by atoms with E-state index >= 15 is 0 Å². The first-order chi connectivity index (χ1) is 7.98. The van der Waals surface area contributed by atoms with Crippen LogP contribution in [0.15, 0.2) is 41.7 Å². The highest BCUT2D eigenvalue weighted by Crippen LogP contribution is 2.21. The van der Waals surface area contributed by atoms with Crippen LogP contribution in [0.4, 0.5) is 4.39 Å². The van der Waals surface area contributed by atoms with E-state index in [1.54, 1.807) is 18.3 Å². The molecular weight excluding hydrogens is 243 g/mol. The smallest absolute Gasteiger partial charge is 0.177 e. The minimum Gasteiger partial charge on any atom is -0.264 e. The van der Waals surface area contributed by atoms with Gasteiger partial charge < -0.3 is 0 Å². The minimum absolute atomic E-state index is 0.0884. The first-order valence-electron chi connectivity index (χ1n) is 4.74. The molecule has 4 nitrogen and oxygen atoms in total. The number of pyridine rings is 2. The van der Waals surface area contributed by atoms with Crippen molar-refractivity contribution in [1.29, 1.82) is 0 Å². The van der Waals surface area contributed by atoms with Crippen LogP contribution in [-0.4, -0.2) is 24.6 Å². The highest BCUT2D eigenvalue weighted by Gasteiger charge is 2.13. The number of hydrogen-bond acceptors (Lipinski definition) is 4. The molecule has 88 valence electrons. The molecule has 0 fully saturated rings. The molecule has 0 saturated carbocycles. The zero-order chi connectivity index (χ0) is 12.5. The van der Waals surface area contributed by atoms with Gasteiger partial charge in [-0.25, -0.2) is 12.8 Å². The first kappa shape index (κ1) is 11.7. The fourth-order valence-electron chi connectivity index (χ4n) is 1.34. The summed E-state index contributed by atoms with van der Waals surface area (Å²) in [4.78, 5) is 7.53. The Hall–Kier alpha value is -1.82. The molecule has 6 heteroatoms. The van der Waals surface area contributed by atoms with Crippen molar-refractivity contribution in [2.45, 2.75) is 4.90 Å². The Morgan fingerprint density at radius 3 is 2.59 bits per heavy atom. The SMILES string of the molecule is CS(=O)(=O)c1cnc(-c2cccnc2)c(F)c1. The van der Waals surface area contributed by atoms with Crippen LogP contribution >= 0.6 is 0 Å². The third kappa shape index (κ3) is 2.47. The molecular formula is C11H9FN2O2S. The van der Waals surface area contributed by atoms with Crippen LogP contribution < -0.4 is 0 Å². The summed E-state index contributed by atoms with van der Waals surface area (Å²) in [7, 11) is -3.44. The van der Waals surface area contributed by atoms with E-state index in [-0.39, 0.29) is 10.6 Å². The number of nitrogens with zero attached hydrogens (tertiary/aromatic N) is 2. The summed E-state index contributed by atoms with van der Waals surface area (Å²) in [5, 5.41) is 0. The van der Waals surface area contributed by atoms with Gasteiger partial charge in [-0.1, -0.05) is 0 Å². The summed E-state index contributed by atoms with van der Waals surface area (Å²) in [5.41, 5.74) is 0.593. The fourth-order valence-corrected chi connectivity index (χ4v) is 1.90. The summed E-state index contributed by atoms with van der Waals surface area (Å²) < 4.78 is 36.1. The molecule has 2 rings (SSSR count). The summed E-state index contributed by atoms with van der Waals surface area (Å²) in [5.74, 6) is -0.680. The molecule has 0 unspecified atom stereocenters. The monoisotopic (exact) mass is 252 g/mol. The molecule has 0 aliphatic heterocycles. The van der Waals surface area contributed by atoms with Crippen LogP contribution in [0.25, 0.3) is 11.3 Å². The van der Waals surface area contributed by atoms with Crippen molar-refractivity contribution in [2.24, 2.45) is 0 Å². The van der Waals surface area contributed by atoms with Crippen LogP contribution in [0.3, 0.4) is 0 Å². The van der Waals surface area contributed by atoms with E-state index in [0.717, 1.165) is 18.5 Å². The Morgan fingerprint density at radius 1 is 1.29 bits per heavy atom. The van der Waals surface area contributed by atoms with Gasteiger partial charge in [-0.15, -0.1) is 0 Å². The Kier molecular flexibility index (Phi) is 2.89. The molecule has 0 atom stereocenters. The third-order valence-corrected chi connectivity index (χ3v) is 3.26. The molecule has 0 N–H and O–H groups in total. The van der Waals surface area contributed by atoms with Gasteiger partial charge in [0.1, 0.15) is 5.69 Å². The second kappa shape index (κ2) is 4.21. The normalized spacial score (nSPS) is 11.4. The summed E-state index contributed by atoms with van der Waals surface area (Å²) in [6.45, 7) is 0. The van der Waals surface area contributed by atoms with E-state index in [0.29, 0.717) is 5.56 Å². The zero-order valence-corrected chi connectivity index (χ0v) is 9.78. The summed E-state index contributed by atoms with van der Waals surface area (Å²) in [6.07, 6.45) is 5.17. The molecule has 2 aromatic rings. The number of halogens is 1. The lowest BCUT2D eigenvalue weighted by Gasteiger charge is -2.03. The lowest BCUT2D eigenvalue weighted by Crippen LogP contribution is -2.00. The van der Waals surface area contributed by atoms with Gasteiger partial charge in [0.15, 0.2) is 15.7 Å². The number of hydrogen-bond donors (Lipinski definition) is 0. The van der Waals surface area contributed by atoms with Crippen LogP contribution in [0.1, 0.15) is 0 Å². The zero-order valence-electron chi connectivity index (χ0n) is 8.96. The van der Waals surface area contributed by atoms with Crippen molar-refractivity contribution in [1.82, 2.24) is 9.97 Å². The van der Waals surface area contributed by atoms with Gasteiger partial charge in [-0.3, -0.25) is 9.97 Å². The topological polar surface area (TPSA) is 59.9 Å². The van der Waals surface area contributed by atoms with Gasteiger partial charge in [0, 0.05) is 30.4 Å². The molecule has 0 aliphatic rings. The van der Waals surface area contributed by atoms with Crippen molar-refractivity contribution < 1.29 is 12.8 Å². The van der Waals surface area contributed by atoms with Crippen molar-refractivity contribution in [2.75, 3.05) is 6.26 Å². The summed E-state index contributed by atoms with van der Waals surface area (Å²) in [6, 6.07) is 4.27. The molecule has 0 spiro atoms. The average Bonchev–Trinajstić information content (AvgIpc) is 2.29. The average molecular weight is 252 g/mol. The molecule has 0 aromatic carbocycles. The quantitative estimate of drug-likeness (QED) is 0.816.